The number of rotatable bonds is 2. The van der Waals surface area contributed by atoms with Crippen LogP contribution in [0.1, 0.15) is 51.9 Å². The molecule has 1 aromatic heterocycles. The predicted octanol–water partition coefficient (Wildman–Crippen LogP) is 3.86. The molecule has 0 fully saturated rings. The van der Waals surface area contributed by atoms with Gasteiger partial charge in [0.1, 0.15) is 5.75 Å². The standard InChI is InChI=1S/C15H20N2O2/c1-9(2)13-16-14(19-17-13)10-6-7-12(18)11(8-10)15(3,4)5/h6-9,18H,1-5H3. The molecule has 0 spiro atoms. The summed E-state index contributed by atoms with van der Waals surface area (Å²) in [5.41, 5.74) is 1.57. The lowest BCUT2D eigenvalue weighted by molar-refractivity contribution is 0.418. The Hall–Kier alpha value is -1.84. The lowest BCUT2D eigenvalue weighted by atomic mass is 9.85. The Kier molecular flexibility index (Phi) is 3.35. The largest absolute Gasteiger partial charge is 0.508 e. The summed E-state index contributed by atoms with van der Waals surface area (Å²) in [4.78, 5) is 4.37. The third-order valence-electron chi connectivity index (χ3n) is 3.01. The minimum atomic E-state index is -0.138. The van der Waals surface area contributed by atoms with Crippen molar-refractivity contribution in [3.05, 3.63) is 29.6 Å². The number of phenols is 1. The number of aromatic hydroxyl groups is 1. The zero-order chi connectivity index (χ0) is 14.2. The predicted molar refractivity (Wildman–Crippen MR) is 74.2 cm³/mol. The molecule has 0 aliphatic rings. The topological polar surface area (TPSA) is 59.2 Å². The van der Waals surface area contributed by atoms with Gasteiger partial charge in [0.2, 0.25) is 0 Å². The highest BCUT2D eigenvalue weighted by molar-refractivity contribution is 5.58. The Morgan fingerprint density at radius 2 is 1.89 bits per heavy atom. The van der Waals surface area contributed by atoms with E-state index in [1.807, 2.05) is 19.9 Å². The third kappa shape index (κ3) is 2.78. The summed E-state index contributed by atoms with van der Waals surface area (Å²) >= 11 is 0. The van der Waals surface area contributed by atoms with Gasteiger partial charge < -0.3 is 9.63 Å². The average molecular weight is 260 g/mol. The summed E-state index contributed by atoms with van der Waals surface area (Å²) in [6, 6.07) is 5.38. The van der Waals surface area contributed by atoms with E-state index in [0.717, 1.165) is 11.1 Å². The van der Waals surface area contributed by atoms with Gasteiger partial charge in [0.15, 0.2) is 5.82 Å². The first-order valence-corrected chi connectivity index (χ1v) is 6.46. The van der Waals surface area contributed by atoms with E-state index >= 15 is 0 Å². The molecule has 0 unspecified atom stereocenters. The van der Waals surface area contributed by atoms with Crippen LogP contribution >= 0.6 is 0 Å². The van der Waals surface area contributed by atoms with E-state index in [9.17, 15) is 5.11 Å². The SMILES string of the molecule is CC(C)c1noc(-c2ccc(O)c(C(C)(C)C)c2)n1. The van der Waals surface area contributed by atoms with Crippen LogP contribution in [0.2, 0.25) is 0 Å². The van der Waals surface area contributed by atoms with Gasteiger partial charge in [-0.25, -0.2) is 0 Å². The Balaban J connectivity index is 2.45. The van der Waals surface area contributed by atoms with E-state index in [1.165, 1.54) is 0 Å². The second-order valence-corrected chi connectivity index (χ2v) is 6.09. The van der Waals surface area contributed by atoms with Gasteiger partial charge in [0, 0.05) is 17.0 Å². The zero-order valence-electron chi connectivity index (χ0n) is 12.1. The second-order valence-electron chi connectivity index (χ2n) is 6.09. The van der Waals surface area contributed by atoms with Gasteiger partial charge >= 0.3 is 0 Å². The fourth-order valence-electron chi connectivity index (χ4n) is 1.86. The fourth-order valence-corrected chi connectivity index (χ4v) is 1.86. The van der Waals surface area contributed by atoms with Gasteiger partial charge in [-0.15, -0.1) is 0 Å². The summed E-state index contributed by atoms with van der Waals surface area (Å²) in [5, 5.41) is 13.9. The molecule has 0 bridgehead atoms. The summed E-state index contributed by atoms with van der Waals surface area (Å²) in [7, 11) is 0. The molecule has 0 atom stereocenters. The summed E-state index contributed by atoms with van der Waals surface area (Å²) < 4.78 is 5.28. The molecule has 0 aliphatic heterocycles. The van der Waals surface area contributed by atoms with Crippen LogP contribution in [0.25, 0.3) is 11.5 Å². The molecule has 1 heterocycles. The molecule has 1 N–H and O–H groups in total. The monoisotopic (exact) mass is 260 g/mol. The van der Waals surface area contributed by atoms with Crippen molar-refractivity contribution in [1.82, 2.24) is 10.1 Å². The minimum absolute atomic E-state index is 0.138. The first-order chi connectivity index (χ1) is 8.79. The maximum atomic E-state index is 9.94. The number of benzene rings is 1. The average Bonchev–Trinajstić information content (AvgIpc) is 2.77. The van der Waals surface area contributed by atoms with Crippen molar-refractivity contribution in [2.45, 2.75) is 46.0 Å². The van der Waals surface area contributed by atoms with E-state index in [2.05, 4.69) is 30.9 Å². The van der Waals surface area contributed by atoms with E-state index in [1.54, 1.807) is 12.1 Å². The van der Waals surface area contributed by atoms with Crippen LogP contribution in [0.3, 0.4) is 0 Å². The minimum Gasteiger partial charge on any atom is -0.508 e. The molecule has 2 rings (SSSR count). The zero-order valence-corrected chi connectivity index (χ0v) is 12.1. The molecular weight excluding hydrogens is 240 g/mol. The van der Waals surface area contributed by atoms with E-state index in [-0.39, 0.29) is 11.3 Å². The Labute approximate surface area is 113 Å². The molecule has 0 amide bonds. The molecule has 2 aromatic rings. The normalized spacial score (nSPS) is 12.1. The molecule has 0 saturated carbocycles. The van der Waals surface area contributed by atoms with Crippen molar-refractivity contribution in [3.8, 4) is 17.2 Å². The van der Waals surface area contributed by atoms with Crippen molar-refractivity contribution in [3.63, 3.8) is 0 Å². The van der Waals surface area contributed by atoms with Crippen molar-refractivity contribution < 1.29 is 9.63 Å². The summed E-state index contributed by atoms with van der Waals surface area (Å²) in [6.45, 7) is 10.2. The second kappa shape index (κ2) is 4.68. The van der Waals surface area contributed by atoms with Crippen LogP contribution in [-0.2, 0) is 5.41 Å². The van der Waals surface area contributed by atoms with Crippen LogP contribution in [0.5, 0.6) is 5.75 Å². The van der Waals surface area contributed by atoms with Crippen LogP contribution in [0.4, 0.5) is 0 Å². The van der Waals surface area contributed by atoms with E-state index < -0.39 is 0 Å². The fraction of sp³-hybridized carbons (Fsp3) is 0.467. The molecule has 0 aliphatic carbocycles. The molecule has 102 valence electrons. The first kappa shape index (κ1) is 13.6. The number of hydrogen-bond donors (Lipinski definition) is 1. The highest BCUT2D eigenvalue weighted by atomic mass is 16.5. The summed E-state index contributed by atoms with van der Waals surface area (Å²) in [5.74, 6) is 1.71. The van der Waals surface area contributed by atoms with Crippen LogP contribution in [0.15, 0.2) is 22.7 Å². The number of phenolic OH excluding ortho intramolecular Hbond substituents is 1. The lowest BCUT2D eigenvalue weighted by Crippen LogP contribution is -2.11. The maximum absolute atomic E-state index is 9.94. The van der Waals surface area contributed by atoms with Crippen LogP contribution in [-0.4, -0.2) is 15.2 Å². The first-order valence-electron chi connectivity index (χ1n) is 6.46. The molecule has 0 radical (unpaired) electrons. The summed E-state index contributed by atoms with van der Waals surface area (Å²) in [6.07, 6.45) is 0. The van der Waals surface area contributed by atoms with E-state index in [0.29, 0.717) is 17.5 Å². The van der Waals surface area contributed by atoms with Gasteiger partial charge in [-0.05, 0) is 23.6 Å². The third-order valence-corrected chi connectivity index (χ3v) is 3.01. The number of nitrogens with zero attached hydrogens (tertiary/aromatic N) is 2. The van der Waals surface area contributed by atoms with Gasteiger partial charge in [0.05, 0.1) is 0 Å². The maximum Gasteiger partial charge on any atom is 0.257 e. The highest BCUT2D eigenvalue weighted by Gasteiger charge is 2.20. The van der Waals surface area contributed by atoms with Gasteiger partial charge in [-0.2, -0.15) is 4.98 Å². The van der Waals surface area contributed by atoms with Crippen LogP contribution in [0, 0.1) is 0 Å². The molecule has 0 saturated heterocycles. The Morgan fingerprint density at radius 3 is 2.42 bits per heavy atom. The molecule has 1 aromatic carbocycles. The van der Waals surface area contributed by atoms with Crippen LogP contribution < -0.4 is 0 Å². The number of hydrogen-bond acceptors (Lipinski definition) is 4. The van der Waals surface area contributed by atoms with Gasteiger partial charge in [-0.3, -0.25) is 0 Å². The number of aromatic nitrogens is 2. The Bertz CT molecular complexity index is 580. The quantitative estimate of drug-likeness (QED) is 0.890. The van der Waals surface area contributed by atoms with E-state index in [4.69, 9.17) is 4.52 Å². The smallest absolute Gasteiger partial charge is 0.257 e. The molecule has 4 nitrogen and oxygen atoms in total. The Morgan fingerprint density at radius 1 is 1.21 bits per heavy atom. The van der Waals surface area contributed by atoms with Crippen molar-refractivity contribution in [2.24, 2.45) is 0 Å². The van der Waals surface area contributed by atoms with Crippen molar-refractivity contribution >= 4 is 0 Å². The molecule has 4 heteroatoms. The van der Waals surface area contributed by atoms with Crippen molar-refractivity contribution in [2.75, 3.05) is 0 Å². The lowest BCUT2D eigenvalue weighted by Gasteiger charge is -2.20. The van der Waals surface area contributed by atoms with Gasteiger partial charge in [0.25, 0.3) is 5.89 Å². The molecule has 19 heavy (non-hydrogen) atoms. The van der Waals surface area contributed by atoms with Crippen molar-refractivity contribution in [1.29, 1.82) is 0 Å². The van der Waals surface area contributed by atoms with Gasteiger partial charge in [-0.1, -0.05) is 39.8 Å². The highest BCUT2D eigenvalue weighted by Crippen LogP contribution is 2.34. The molecular formula is C15H20N2O2.